The van der Waals surface area contributed by atoms with Crippen molar-refractivity contribution >= 4 is 17.7 Å². The zero-order valence-corrected chi connectivity index (χ0v) is 9.51. The lowest BCUT2D eigenvalue weighted by molar-refractivity contribution is -0.124. The third-order valence-corrected chi connectivity index (χ3v) is 3.84. The fraction of sp³-hybridized carbons (Fsp3) is 0.600. The lowest BCUT2D eigenvalue weighted by Gasteiger charge is -2.15. The Hall–Kier alpha value is -0.970. The molecule has 15 heavy (non-hydrogen) atoms. The van der Waals surface area contributed by atoms with Crippen LogP contribution in [0.5, 0.6) is 0 Å². The molecule has 2 heterocycles. The molecule has 0 aromatic carbocycles. The molecule has 0 aliphatic carbocycles. The fourth-order valence-electron chi connectivity index (χ4n) is 1.65. The second-order valence-electron chi connectivity index (χ2n) is 3.82. The van der Waals surface area contributed by atoms with Gasteiger partial charge in [-0.1, -0.05) is 0 Å². The van der Waals surface area contributed by atoms with Gasteiger partial charge < -0.3 is 5.32 Å². The smallest absolute Gasteiger partial charge is 0.224 e. The Balaban J connectivity index is 1.88. The van der Waals surface area contributed by atoms with E-state index in [1.54, 1.807) is 6.20 Å². The molecule has 0 radical (unpaired) electrons. The molecular formula is C10H15N3OS. The highest BCUT2D eigenvalue weighted by molar-refractivity contribution is 7.99. The maximum absolute atomic E-state index is 11.8. The van der Waals surface area contributed by atoms with Gasteiger partial charge in [-0.25, -0.2) is 0 Å². The maximum Gasteiger partial charge on any atom is 0.224 e. The zero-order valence-electron chi connectivity index (χ0n) is 8.69. The molecule has 2 atom stereocenters. The molecule has 1 fully saturated rings. The van der Waals surface area contributed by atoms with Crippen LogP contribution in [0.2, 0.25) is 0 Å². The van der Waals surface area contributed by atoms with Gasteiger partial charge in [-0.2, -0.15) is 16.9 Å². The number of H-pyrrole nitrogens is 1. The van der Waals surface area contributed by atoms with Gasteiger partial charge in [-0.05, 0) is 19.1 Å². The molecule has 0 saturated carbocycles. The van der Waals surface area contributed by atoms with Crippen LogP contribution in [-0.4, -0.2) is 27.6 Å². The van der Waals surface area contributed by atoms with E-state index in [0.717, 1.165) is 23.5 Å². The van der Waals surface area contributed by atoms with Crippen molar-refractivity contribution < 1.29 is 4.79 Å². The number of hydrogen-bond donors (Lipinski definition) is 2. The molecule has 82 valence electrons. The first-order valence-electron chi connectivity index (χ1n) is 5.14. The van der Waals surface area contributed by atoms with Crippen LogP contribution in [-0.2, 0) is 4.79 Å². The van der Waals surface area contributed by atoms with Crippen molar-refractivity contribution in [1.29, 1.82) is 0 Å². The zero-order chi connectivity index (χ0) is 10.7. The van der Waals surface area contributed by atoms with E-state index in [0.29, 0.717) is 0 Å². The monoisotopic (exact) mass is 225 g/mol. The second-order valence-corrected chi connectivity index (χ2v) is 4.97. The molecule has 4 nitrogen and oxygen atoms in total. The number of carbonyl (C=O) groups is 1. The van der Waals surface area contributed by atoms with Gasteiger partial charge in [0.15, 0.2) is 0 Å². The van der Waals surface area contributed by atoms with Gasteiger partial charge in [0.05, 0.1) is 12.2 Å². The number of nitrogens with one attached hydrogen (secondary N) is 2. The topological polar surface area (TPSA) is 57.8 Å². The van der Waals surface area contributed by atoms with Gasteiger partial charge in [0.1, 0.15) is 0 Å². The minimum absolute atomic E-state index is 0.0434. The Labute approximate surface area is 93.2 Å². The standard InChI is InChI=1S/C10H15N3OS/c1-7(9-4-11-12-5-9)13-10(14)8-2-3-15-6-8/h4-5,7-8H,2-3,6H2,1H3,(H,11,12)(H,13,14). The minimum Gasteiger partial charge on any atom is -0.349 e. The molecule has 2 rings (SSSR count). The summed E-state index contributed by atoms with van der Waals surface area (Å²) in [5.74, 6) is 2.44. The van der Waals surface area contributed by atoms with Crippen LogP contribution in [0.3, 0.4) is 0 Å². The maximum atomic E-state index is 11.8. The first-order valence-corrected chi connectivity index (χ1v) is 6.29. The molecule has 2 unspecified atom stereocenters. The van der Waals surface area contributed by atoms with Crippen molar-refractivity contribution in [1.82, 2.24) is 15.5 Å². The number of carbonyl (C=O) groups excluding carboxylic acids is 1. The summed E-state index contributed by atoms with van der Waals surface area (Å²) in [6.45, 7) is 1.98. The lowest BCUT2D eigenvalue weighted by atomic mass is 10.1. The van der Waals surface area contributed by atoms with Gasteiger partial charge in [-0.3, -0.25) is 9.89 Å². The van der Waals surface area contributed by atoms with E-state index in [1.165, 1.54) is 0 Å². The predicted molar refractivity (Wildman–Crippen MR) is 60.6 cm³/mol. The summed E-state index contributed by atoms with van der Waals surface area (Å²) in [5, 5.41) is 9.63. The van der Waals surface area contributed by atoms with E-state index < -0.39 is 0 Å². The molecule has 0 bridgehead atoms. The summed E-state index contributed by atoms with van der Waals surface area (Å²) in [6.07, 6.45) is 4.57. The molecule has 0 spiro atoms. The Kier molecular flexibility index (Phi) is 3.30. The van der Waals surface area contributed by atoms with Crippen molar-refractivity contribution in [3.8, 4) is 0 Å². The summed E-state index contributed by atoms with van der Waals surface area (Å²) < 4.78 is 0. The quantitative estimate of drug-likeness (QED) is 0.816. The predicted octanol–water partition coefficient (Wildman–Crippen LogP) is 1.34. The lowest BCUT2D eigenvalue weighted by Crippen LogP contribution is -2.32. The van der Waals surface area contributed by atoms with Crippen LogP contribution in [0.15, 0.2) is 12.4 Å². The number of hydrogen-bond acceptors (Lipinski definition) is 3. The van der Waals surface area contributed by atoms with Gasteiger partial charge >= 0.3 is 0 Å². The third kappa shape index (κ3) is 2.53. The van der Waals surface area contributed by atoms with Crippen LogP contribution in [0.4, 0.5) is 0 Å². The molecule has 2 N–H and O–H groups in total. The average molecular weight is 225 g/mol. The molecular weight excluding hydrogens is 210 g/mol. The summed E-state index contributed by atoms with van der Waals surface area (Å²) in [7, 11) is 0. The molecule has 1 aromatic heterocycles. The third-order valence-electron chi connectivity index (χ3n) is 2.68. The van der Waals surface area contributed by atoms with E-state index in [1.807, 2.05) is 24.9 Å². The molecule has 1 aliphatic heterocycles. The SMILES string of the molecule is CC(NC(=O)C1CCSC1)c1cn[nH]c1. The minimum atomic E-state index is 0.0434. The van der Waals surface area contributed by atoms with Gasteiger partial charge in [0.25, 0.3) is 0 Å². The number of aromatic amines is 1. The first kappa shape index (κ1) is 10.5. The van der Waals surface area contributed by atoms with Crippen LogP contribution in [0, 0.1) is 5.92 Å². The molecule has 1 aromatic rings. The second kappa shape index (κ2) is 4.70. The van der Waals surface area contributed by atoms with Crippen LogP contribution in [0.1, 0.15) is 24.9 Å². The number of thioether (sulfide) groups is 1. The van der Waals surface area contributed by atoms with Crippen molar-refractivity contribution in [2.75, 3.05) is 11.5 Å². The number of amides is 1. The van der Waals surface area contributed by atoms with E-state index in [4.69, 9.17) is 0 Å². The number of aromatic nitrogens is 2. The van der Waals surface area contributed by atoms with Crippen molar-refractivity contribution in [2.45, 2.75) is 19.4 Å². The van der Waals surface area contributed by atoms with E-state index in [2.05, 4.69) is 15.5 Å². The van der Waals surface area contributed by atoms with E-state index in [9.17, 15) is 4.79 Å². The normalized spacial score (nSPS) is 22.6. The van der Waals surface area contributed by atoms with Gasteiger partial charge in [0.2, 0.25) is 5.91 Å². The highest BCUT2D eigenvalue weighted by Gasteiger charge is 2.24. The number of rotatable bonds is 3. The van der Waals surface area contributed by atoms with Crippen molar-refractivity contribution in [3.63, 3.8) is 0 Å². The van der Waals surface area contributed by atoms with Crippen molar-refractivity contribution in [2.24, 2.45) is 5.92 Å². The van der Waals surface area contributed by atoms with Crippen LogP contribution >= 0.6 is 11.8 Å². The van der Waals surface area contributed by atoms with Gasteiger partial charge in [0, 0.05) is 23.4 Å². The molecule has 5 heteroatoms. The van der Waals surface area contributed by atoms with Crippen LogP contribution < -0.4 is 5.32 Å². The fourth-order valence-corrected chi connectivity index (χ4v) is 2.87. The van der Waals surface area contributed by atoms with Gasteiger partial charge in [-0.15, -0.1) is 0 Å². The molecule has 1 amide bonds. The summed E-state index contributed by atoms with van der Waals surface area (Å²) in [5.41, 5.74) is 1.02. The Morgan fingerprint density at radius 2 is 2.67 bits per heavy atom. The number of nitrogens with zero attached hydrogens (tertiary/aromatic N) is 1. The highest BCUT2D eigenvalue weighted by Crippen LogP contribution is 2.24. The van der Waals surface area contributed by atoms with Crippen molar-refractivity contribution in [3.05, 3.63) is 18.0 Å². The Morgan fingerprint density at radius 3 is 3.27 bits per heavy atom. The largest absolute Gasteiger partial charge is 0.349 e. The summed E-state index contributed by atoms with van der Waals surface area (Å²) >= 11 is 1.86. The first-order chi connectivity index (χ1) is 7.27. The summed E-state index contributed by atoms with van der Waals surface area (Å²) in [6, 6.07) is 0.0434. The Morgan fingerprint density at radius 1 is 1.80 bits per heavy atom. The summed E-state index contributed by atoms with van der Waals surface area (Å²) in [4.78, 5) is 11.8. The van der Waals surface area contributed by atoms with E-state index in [-0.39, 0.29) is 17.9 Å². The van der Waals surface area contributed by atoms with E-state index >= 15 is 0 Å². The highest BCUT2D eigenvalue weighted by atomic mass is 32.2. The Bertz CT molecular complexity index is 319. The molecule has 1 aliphatic rings. The average Bonchev–Trinajstić information content (AvgIpc) is 2.91. The molecule has 1 saturated heterocycles. The van der Waals surface area contributed by atoms with Crippen LogP contribution in [0.25, 0.3) is 0 Å².